The summed E-state index contributed by atoms with van der Waals surface area (Å²) >= 11 is 0. The van der Waals surface area contributed by atoms with Gasteiger partial charge in [0.05, 0.1) is 0 Å². The van der Waals surface area contributed by atoms with Gasteiger partial charge >= 0.3 is 0 Å². The number of carbonyl (C=O) groups excluding carboxylic acids is 1. The van der Waals surface area contributed by atoms with Crippen LogP contribution in [0.5, 0.6) is 0 Å². The molecule has 0 aliphatic heterocycles. The van der Waals surface area contributed by atoms with E-state index in [0.717, 1.165) is 17.7 Å². The van der Waals surface area contributed by atoms with Crippen molar-refractivity contribution in [3.05, 3.63) is 65.1 Å². The number of carbonyl (C=O) groups is 1. The van der Waals surface area contributed by atoms with Gasteiger partial charge in [-0.15, -0.1) is 0 Å². The van der Waals surface area contributed by atoms with Crippen LogP contribution in [0.3, 0.4) is 0 Å². The van der Waals surface area contributed by atoms with Gasteiger partial charge in [-0.3, -0.25) is 4.79 Å². The highest BCUT2D eigenvalue weighted by Gasteiger charge is 2.10. The molecule has 0 bridgehead atoms. The standard InChI is InChI=1S/C14H14N2O2/c1-2-11-6-3-4-8-13(11)15-14(17)12-7-5-9-16(18)10-12/h3-10H,2H2,1H3,(H,15,17). The third-order valence-corrected chi connectivity index (χ3v) is 2.68. The maximum Gasteiger partial charge on any atom is 0.261 e. The number of nitrogens with one attached hydrogen (secondary N) is 1. The second kappa shape index (κ2) is 5.31. The minimum Gasteiger partial charge on any atom is -0.619 e. The number of hydrogen-bond donors (Lipinski definition) is 1. The van der Waals surface area contributed by atoms with Crippen molar-refractivity contribution in [3.8, 4) is 0 Å². The summed E-state index contributed by atoms with van der Waals surface area (Å²) in [5.74, 6) is -0.277. The van der Waals surface area contributed by atoms with Gasteiger partial charge in [-0.1, -0.05) is 25.1 Å². The Morgan fingerprint density at radius 1 is 1.28 bits per heavy atom. The van der Waals surface area contributed by atoms with Gasteiger partial charge in [-0.25, -0.2) is 0 Å². The molecule has 1 amide bonds. The maximum absolute atomic E-state index is 12.0. The Labute approximate surface area is 105 Å². The van der Waals surface area contributed by atoms with Gasteiger partial charge in [0.15, 0.2) is 12.4 Å². The molecule has 0 atom stereocenters. The highest BCUT2D eigenvalue weighted by Crippen LogP contribution is 2.16. The van der Waals surface area contributed by atoms with Crippen LogP contribution < -0.4 is 10.0 Å². The molecule has 1 aromatic carbocycles. The summed E-state index contributed by atoms with van der Waals surface area (Å²) in [5, 5.41) is 13.9. The average molecular weight is 242 g/mol. The van der Waals surface area contributed by atoms with Crippen LogP contribution in [0.2, 0.25) is 0 Å². The first-order chi connectivity index (χ1) is 8.70. The van der Waals surface area contributed by atoms with Crippen LogP contribution >= 0.6 is 0 Å². The highest BCUT2D eigenvalue weighted by molar-refractivity contribution is 6.04. The number of para-hydroxylation sites is 1. The lowest BCUT2D eigenvalue weighted by Gasteiger charge is -2.09. The first-order valence-electron chi connectivity index (χ1n) is 5.79. The molecular formula is C14H14N2O2. The number of pyridine rings is 1. The van der Waals surface area contributed by atoms with E-state index in [0.29, 0.717) is 10.3 Å². The van der Waals surface area contributed by atoms with Gasteiger partial charge in [0.2, 0.25) is 0 Å². The number of benzene rings is 1. The number of anilines is 1. The highest BCUT2D eigenvalue weighted by atomic mass is 16.5. The van der Waals surface area contributed by atoms with E-state index in [1.165, 1.54) is 12.4 Å². The summed E-state index contributed by atoms with van der Waals surface area (Å²) in [5.41, 5.74) is 2.20. The lowest BCUT2D eigenvalue weighted by molar-refractivity contribution is -0.605. The average Bonchev–Trinajstić information content (AvgIpc) is 2.39. The Morgan fingerprint density at radius 3 is 2.78 bits per heavy atom. The van der Waals surface area contributed by atoms with Crippen molar-refractivity contribution in [1.29, 1.82) is 0 Å². The summed E-state index contributed by atoms with van der Waals surface area (Å²) in [7, 11) is 0. The van der Waals surface area contributed by atoms with E-state index < -0.39 is 0 Å². The zero-order valence-corrected chi connectivity index (χ0v) is 10.1. The van der Waals surface area contributed by atoms with Gasteiger partial charge in [0, 0.05) is 11.8 Å². The molecule has 1 heterocycles. The molecule has 0 aliphatic rings. The Morgan fingerprint density at radius 2 is 2.06 bits per heavy atom. The third-order valence-electron chi connectivity index (χ3n) is 2.68. The van der Waals surface area contributed by atoms with Crippen molar-refractivity contribution < 1.29 is 9.52 Å². The smallest absolute Gasteiger partial charge is 0.261 e. The lowest BCUT2D eigenvalue weighted by atomic mass is 10.1. The van der Waals surface area contributed by atoms with Crippen LogP contribution in [0, 0.1) is 5.21 Å². The molecule has 0 radical (unpaired) electrons. The monoisotopic (exact) mass is 242 g/mol. The van der Waals surface area contributed by atoms with E-state index in [2.05, 4.69) is 5.32 Å². The minimum atomic E-state index is -0.277. The Hall–Kier alpha value is -2.36. The summed E-state index contributed by atoms with van der Waals surface area (Å²) in [4.78, 5) is 12.0. The zero-order chi connectivity index (χ0) is 13.0. The van der Waals surface area contributed by atoms with E-state index >= 15 is 0 Å². The molecule has 0 saturated heterocycles. The number of rotatable bonds is 3. The SMILES string of the molecule is CCc1ccccc1NC(=O)c1ccc[n+]([O-])c1. The van der Waals surface area contributed by atoms with Gasteiger partial charge in [0.25, 0.3) is 5.91 Å². The van der Waals surface area contributed by atoms with E-state index in [-0.39, 0.29) is 5.91 Å². The Bertz CT molecular complexity index is 567. The van der Waals surface area contributed by atoms with Crippen molar-refractivity contribution in [3.63, 3.8) is 0 Å². The summed E-state index contributed by atoms with van der Waals surface area (Å²) in [6.07, 6.45) is 3.44. The molecule has 0 spiro atoms. The normalized spacial score (nSPS) is 10.1. The molecule has 0 saturated carbocycles. The molecule has 0 fully saturated rings. The van der Waals surface area contributed by atoms with E-state index in [1.54, 1.807) is 12.1 Å². The molecule has 1 aromatic heterocycles. The zero-order valence-electron chi connectivity index (χ0n) is 10.1. The van der Waals surface area contributed by atoms with Crippen molar-refractivity contribution in [1.82, 2.24) is 0 Å². The number of amides is 1. The first-order valence-corrected chi connectivity index (χ1v) is 5.79. The largest absolute Gasteiger partial charge is 0.619 e. The predicted molar refractivity (Wildman–Crippen MR) is 69.2 cm³/mol. The topological polar surface area (TPSA) is 56.0 Å². The molecule has 92 valence electrons. The van der Waals surface area contributed by atoms with Crippen molar-refractivity contribution in [2.75, 3.05) is 5.32 Å². The predicted octanol–water partition coefficient (Wildman–Crippen LogP) is 2.13. The number of aromatic nitrogens is 1. The van der Waals surface area contributed by atoms with E-state index in [9.17, 15) is 10.0 Å². The number of aryl methyl sites for hydroxylation is 1. The molecule has 0 aliphatic carbocycles. The molecule has 18 heavy (non-hydrogen) atoms. The summed E-state index contributed by atoms with van der Waals surface area (Å²) in [6, 6.07) is 10.8. The van der Waals surface area contributed by atoms with Crippen LogP contribution in [-0.4, -0.2) is 5.91 Å². The third kappa shape index (κ3) is 2.66. The molecular weight excluding hydrogens is 228 g/mol. The van der Waals surface area contributed by atoms with E-state index in [1.807, 2.05) is 31.2 Å². The molecule has 4 nitrogen and oxygen atoms in total. The number of hydrogen-bond acceptors (Lipinski definition) is 2. The van der Waals surface area contributed by atoms with Crippen LogP contribution in [0.15, 0.2) is 48.8 Å². The van der Waals surface area contributed by atoms with Gasteiger partial charge in [-0.2, -0.15) is 4.73 Å². The fraction of sp³-hybridized carbons (Fsp3) is 0.143. The van der Waals surface area contributed by atoms with Crippen LogP contribution in [-0.2, 0) is 6.42 Å². The van der Waals surface area contributed by atoms with Gasteiger partial charge in [-0.05, 0) is 24.1 Å². The van der Waals surface area contributed by atoms with E-state index in [4.69, 9.17) is 0 Å². The molecule has 1 N–H and O–H groups in total. The lowest BCUT2D eigenvalue weighted by Crippen LogP contribution is -2.27. The maximum atomic E-state index is 12.0. The Balaban J connectivity index is 2.21. The molecule has 4 heteroatoms. The van der Waals surface area contributed by atoms with Gasteiger partial charge in [0.1, 0.15) is 5.56 Å². The second-order valence-corrected chi connectivity index (χ2v) is 3.92. The molecule has 2 aromatic rings. The van der Waals surface area contributed by atoms with Crippen LogP contribution in [0.4, 0.5) is 5.69 Å². The van der Waals surface area contributed by atoms with Crippen LogP contribution in [0.25, 0.3) is 0 Å². The second-order valence-electron chi connectivity index (χ2n) is 3.92. The van der Waals surface area contributed by atoms with Crippen molar-refractivity contribution >= 4 is 11.6 Å². The summed E-state index contributed by atoms with van der Waals surface area (Å²) < 4.78 is 0.612. The summed E-state index contributed by atoms with van der Waals surface area (Å²) in [6.45, 7) is 2.03. The first kappa shape index (κ1) is 12.1. The molecule has 0 unspecified atom stereocenters. The molecule has 2 rings (SSSR count). The van der Waals surface area contributed by atoms with Crippen LogP contribution in [0.1, 0.15) is 22.8 Å². The Kier molecular flexibility index (Phi) is 3.57. The number of nitrogens with zero attached hydrogens (tertiary/aromatic N) is 1. The fourth-order valence-electron chi connectivity index (χ4n) is 1.73. The quantitative estimate of drug-likeness (QED) is 0.662. The van der Waals surface area contributed by atoms with Crippen molar-refractivity contribution in [2.24, 2.45) is 0 Å². The fourth-order valence-corrected chi connectivity index (χ4v) is 1.73. The van der Waals surface area contributed by atoms with Crippen molar-refractivity contribution in [2.45, 2.75) is 13.3 Å². The minimum absolute atomic E-state index is 0.277. The van der Waals surface area contributed by atoms with Gasteiger partial charge < -0.3 is 10.5 Å².